The lowest BCUT2D eigenvalue weighted by Gasteiger charge is -2.32. The number of carbonyl (C=O) groups excluding carboxylic acids is 1. The maximum absolute atomic E-state index is 11.4. The van der Waals surface area contributed by atoms with Gasteiger partial charge in [0.15, 0.2) is 0 Å². The van der Waals surface area contributed by atoms with Crippen molar-refractivity contribution in [3.63, 3.8) is 0 Å². The highest BCUT2D eigenvalue weighted by Crippen LogP contribution is 2.23. The van der Waals surface area contributed by atoms with Crippen LogP contribution in [0.5, 0.6) is 0 Å². The molecule has 0 bridgehead atoms. The van der Waals surface area contributed by atoms with E-state index in [0.29, 0.717) is 12.5 Å². The second-order valence-electron chi connectivity index (χ2n) is 4.23. The van der Waals surface area contributed by atoms with Crippen molar-refractivity contribution >= 4 is 6.03 Å². The molecule has 0 aliphatic heterocycles. The Morgan fingerprint density at radius 1 is 1.43 bits per heavy atom. The Bertz CT molecular complexity index is 194. The molecule has 82 valence electrons. The van der Waals surface area contributed by atoms with Crippen LogP contribution >= 0.6 is 0 Å². The number of nitrogens with one attached hydrogen (secondary N) is 1. The summed E-state index contributed by atoms with van der Waals surface area (Å²) in [5.41, 5.74) is 5.68. The number of rotatable bonds is 2. The van der Waals surface area contributed by atoms with E-state index in [1.54, 1.807) is 19.0 Å². The molecule has 4 nitrogen and oxygen atoms in total. The maximum Gasteiger partial charge on any atom is 0.317 e. The van der Waals surface area contributed by atoms with Crippen molar-refractivity contribution in [3.05, 3.63) is 0 Å². The molecule has 0 radical (unpaired) electrons. The minimum atomic E-state index is -0.00431. The lowest BCUT2D eigenvalue weighted by atomic mass is 9.84. The normalized spacial score (nSPS) is 27.1. The molecule has 1 fully saturated rings. The Morgan fingerprint density at radius 2 is 2.07 bits per heavy atom. The summed E-state index contributed by atoms with van der Waals surface area (Å²) < 4.78 is 0. The first-order chi connectivity index (χ1) is 6.65. The quantitative estimate of drug-likeness (QED) is 0.690. The molecule has 2 atom stereocenters. The van der Waals surface area contributed by atoms with Gasteiger partial charge in [0.1, 0.15) is 0 Å². The van der Waals surface area contributed by atoms with E-state index in [1.807, 2.05) is 0 Å². The molecule has 0 aromatic rings. The van der Waals surface area contributed by atoms with Crippen LogP contribution in [0.25, 0.3) is 0 Å². The first kappa shape index (κ1) is 11.3. The van der Waals surface area contributed by atoms with Gasteiger partial charge in [-0.2, -0.15) is 0 Å². The van der Waals surface area contributed by atoms with E-state index in [2.05, 4.69) is 5.32 Å². The van der Waals surface area contributed by atoms with Crippen molar-refractivity contribution in [1.29, 1.82) is 0 Å². The molecule has 4 heteroatoms. The van der Waals surface area contributed by atoms with Crippen LogP contribution in [-0.2, 0) is 0 Å². The van der Waals surface area contributed by atoms with E-state index in [9.17, 15) is 4.79 Å². The lowest BCUT2D eigenvalue weighted by molar-refractivity contribution is 0.198. The molecular formula is C10H21N3O. The van der Waals surface area contributed by atoms with Crippen LogP contribution in [-0.4, -0.2) is 37.6 Å². The Balaban J connectivity index is 2.44. The van der Waals surface area contributed by atoms with Gasteiger partial charge in [-0.05, 0) is 25.3 Å². The van der Waals surface area contributed by atoms with Crippen molar-refractivity contribution in [2.45, 2.75) is 31.7 Å². The molecule has 0 aromatic carbocycles. The predicted molar refractivity (Wildman–Crippen MR) is 57.0 cm³/mol. The number of hydrogen-bond acceptors (Lipinski definition) is 2. The van der Waals surface area contributed by atoms with E-state index in [0.717, 1.165) is 12.8 Å². The Labute approximate surface area is 85.8 Å². The van der Waals surface area contributed by atoms with Gasteiger partial charge < -0.3 is 16.0 Å². The zero-order valence-corrected chi connectivity index (χ0v) is 9.12. The highest BCUT2D eigenvalue weighted by Gasteiger charge is 2.25. The molecular weight excluding hydrogens is 178 g/mol. The van der Waals surface area contributed by atoms with Gasteiger partial charge in [-0.15, -0.1) is 0 Å². The van der Waals surface area contributed by atoms with E-state index < -0.39 is 0 Å². The summed E-state index contributed by atoms with van der Waals surface area (Å²) >= 11 is 0. The van der Waals surface area contributed by atoms with Crippen LogP contribution in [0.2, 0.25) is 0 Å². The molecule has 2 unspecified atom stereocenters. The average Bonchev–Trinajstić information content (AvgIpc) is 2.18. The number of amides is 2. The Morgan fingerprint density at radius 3 is 2.64 bits per heavy atom. The standard InChI is InChI=1S/C10H21N3O/c1-13(2)10(14)12-9-6-4-3-5-8(9)7-11/h8-9H,3-7,11H2,1-2H3,(H,12,14). The number of carbonyl (C=O) groups is 1. The molecule has 1 saturated carbocycles. The molecule has 14 heavy (non-hydrogen) atoms. The van der Waals surface area contributed by atoms with Gasteiger partial charge in [0.25, 0.3) is 0 Å². The lowest BCUT2D eigenvalue weighted by Crippen LogP contribution is -2.48. The first-order valence-electron chi connectivity index (χ1n) is 5.33. The second-order valence-corrected chi connectivity index (χ2v) is 4.23. The Kier molecular flexibility index (Phi) is 4.20. The molecule has 1 rings (SSSR count). The van der Waals surface area contributed by atoms with Gasteiger partial charge in [0.2, 0.25) is 0 Å². The summed E-state index contributed by atoms with van der Waals surface area (Å²) in [7, 11) is 3.52. The smallest absolute Gasteiger partial charge is 0.317 e. The number of hydrogen-bond donors (Lipinski definition) is 2. The van der Waals surface area contributed by atoms with Crippen molar-refractivity contribution in [2.75, 3.05) is 20.6 Å². The second kappa shape index (κ2) is 5.20. The number of nitrogens with zero attached hydrogens (tertiary/aromatic N) is 1. The third kappa shape index (κ3) is 2.87. The van der Waals surface area contributed by atoms with Crippen LogP contribution in [0, 0.1) is 5.92 Å². The van der Waals surface area contributed by atoms with Crippen molar-refractivity contribution in [1.82, 2.24) is 10.2 Å². The van der Waals surface area contributed by atoms with Crippen LogP contribution < -0.4 is 11.1 Å². The van der Waals surface area contributed by atoms with E-state index >= 15 is 0 Å². The van der Waals surface area contributed by atoms with Gasteiger partial charge in [-0.25, -0.2) is 4.79 Å². The summed E-state index contributed by atoms with van der Waals surface area (Å²) in [6.45, 7) is 0.679. The molecule has 0 heterocycles. The highest BCUT2D eigenvalue weighted by atomic mass is 16.2. The molecule has 1 aliphatic rings. The number of nitrogens with two attached hydrogens (primary N) is 1. The monoisotopic (exact) mass is 199 g/mol. The zero-order valence-electron chi connectivity index (χ0n) is 9.12. The highest BCUT2D eigenvalue weighted by molar-refractivity contribution is 5.73. The SMILES string of the molecule is CN(C)C(=O)NC1CCCCC1CN. The average molecular weight is 199 g/mol. The van der Waals surface area contributed by atoms with Crippen LogP contribution in [0.1, 0.15) is 25.7 Å². The number of urea groups is 1. The Hall–Kier alpha value is -0.770. The third-order valence-electron chi connectivity index (χ3n) is 2.93. The first-order valence-corrected chi connectivity index (χ1v) is 5.33. The minimum absolute atomic E-state index is 0.00431. The zero-order chi connectivity index (χ0) is 10.6. The minimum Gasteiger partial charge on any atom is -0.335 e. The van der Waals surface area contributed by atoms with Crippen LogP contribution in [0.4, 0.5) is 4.79 Å². The fourth-order valence-electron chi connectivity index (χ4n) is 1.97. The van der Waals surface area contributed by atoms with Crippen molar-refractivity contribution < 1.29 is 4.79 Å². The van der Waals surface area contributed by atoms with Gasteiger partial charge in [-0.3, -0.25) is 0 Å². The summed E-state index contributed by atoms with van der Waals surface area (Å²) in [6, 6.07) is 0.277. The topological polar surface area (TPSA) is 58.4 Å². The molecule has 0 aromatic heterocycles. The van der Waals surface area contributed by atoms with Gasteiger partial charge >= 0.3 is 6.03 Å². The van der Waals surface area contributed by atoms with Gasteiger partial charge in [0.05, 0.1) is 0 Å². The van der Waals surface area contributed by atoms with Gasteiger partial charge in [-0.1, -0.05) is 12.8 Å². The largest absolute Gasteiger partial charge is 0.335 e. The summed E-state index contributed by atoms with van der Waals surface area (Å²) in [5, 5.41) is 3.03. The molecule has 0 spiro atoms. The summed E-state index contributed by atoms with van der Waals surface area (Å²) in [6.07, 6.45) is 4.67. The maximum atomic E-state index is 11.4. The van der Waals surface area contributed by atoms with Crippen LogP contribution in [0.3, 0.4) is 0 Å². The van der Waals surface area contributed by atoms with E-state index in [1.165, 1.54) is 12.8 Å². The van der Waals surface area contributed by atoms with E-state index in [-0.39, 0.29) is 12.1 Å². The van der Waals surface area contributed by atoms with E-state index in [4.69, 9.17) is 5.73 Å². The predicted octanol–water partition coefficient (Wildman–Crippen LogP) is 0.775. The summed E-state index contributed by atoms with van der Waals surface area (Å²) in [4.78, 5) is 13.0. The fourth-order valence-corrected chi connectivity index (χ4v) is 1.97. The van der Waals surface area contributed by atoms with Crippen molar-refractivity contribution in [2.24, 2.45) is 11.7 Å². The molecule has 3 N–H and O–H groups in total. The van der Waals surface area contributed by atoms with Crippen molar-refractivity contribution in [3.8, 4) is 0 Å². The van der Waals surface area contributed by atoms with Gasteiger partial charge in [0, 0.05) is 20.1 Å². The summed E-state index contributed by atoms with van der Waals surface area (Å²) in [5.74, 6) is 0.465. The molecule has 2 amide bonds. The third-order valence-corrected chi connectivity index (χ3v) is 2.93. The van der Waals surface area contributed by atoms with Crippen LogP contribution in [0.15, 0.2) is 0 Å². The molecule has 1 aliphatic carbocycles. The fraction of sp³-hybridized carbons (Fsp3) is 0.900. The molecule has 0 saturated heterocycles.